The molecule has 1 heterocycles. The van der Waals surface area contributed by atoms with Crippen LogP contribution in [0.1, 0.15) is 23.7 Å². The molecule has 0 spiro atoms. The molecule has 0 aromatic heterocycles. The van der Waals surface area contributed by atoms with Gasteiger partial charge in [0.2, 0.25) is 0 Å². The van der Waals surface area contributed by atoms with E-state index >= 15 is 0 Å². The molecule has 1 aliphatic heterocycles. The molecule has 0 radical (unpaired) electrons. The Balaban J connectivity index is 2.36. The summed E-state index contributed by atoms with van der Waals surface area (Å²) in [4.78, 5) is 0.0990. The molecule has 3 unspecified atom stereocenters. The lowest BCUT2D eigenvalue weighted by atomic mass is 9.96. The first-order valence-electron chi connectivity index (χ1n) is 6.25. The van der Waals surface area contributed by atoms with Crippen molar-refractivity contribution in [1.82, 2.24) is 0 Å². The van der Waals surface area contributed by atoms with Gasteiger partial charge in [-0.25, -0.2) is 0 Å². The second kappa shape index (κ2) is 6.46. The zero-order chi connectivity index (χ0) is 14.0. The van der Waals surface area contributed by atoms with Gasteiger partial charge in [-0.05, 0) is 40.4 Å². The Morgan fingerprint density at radius 2 is 1.95 bits per heavy atom. The van der Waals surface area contributed by atoms with E-state index in [9.17, 15) is 0 Å². The summed E-state index contributed by atoms with van der Waals surface area (Å²) in [5.74, 6) is 2.16. The maximum atomic E-state index is 5.83. The van der Waals surface area contributed by atoms with Gasteiger partial charge in [0.15, 0.2) is 0 Å². The van der Waals surface area contributed by atoms with E-state index in [0.717, 1.165) is 34.6 Å². The minimum absolute atomic E-state index is 0.0990. The van der Waals surface area contributed by atoms with Crippen molar-refractivity contribution in [3.05, 3.63) is 22.2 Å². The van der Waals surface area contributed by atoms with Crippen LogP contribution in [0.5, 0.6) is 11.5 Å². The second-order valence-electron chi connectivity index (χ2n) is 4.73. The zero-order valence-electron chi connectivity index (χ0n) is 11.3. The van der Waals surface area contributed by atoms with Gasteiger partial charge >= 0.3 is 0 Å². The largest absolute Gasteiger partial charge is 0.496 e. The maximum absolute atomic E-state index is 5.83. The third kappa shape index (κ3) is 3.09. The Labute approximate surface area is 130 Å². The van der Waals surface area contributed by atoms with Crippen LogP contribution in [0.15, 0.2) is 16.6 Å². The van der Waals surface area contributed by atoms with E-state index in [1.54, 1.807) is 14.2 Å². The highest BCUT2D eigenvalue weighted by atomic mass is 79.9. The van der Waals surface area contributed by atoms with Gasteiger partial charge in [0.1, 0.15) is 11.5 Å². The van der Waals surface area contributed by atoms with E-state index < -0.39 is 0 Å². The van der Waals surface area contributed by atoms with Crippen LogP contribution in [0.4, 0.5) is 0 Å². The normalized spacial score (nSPS) is 24.3. The van der Waals surface area contributed by atoms with Gasteiger partial charge in [0.25, 0.3) is 0 Å². The van der Waals surface area contributed by atoms with Gasteiger partial charge in [-0.2, -0.15) is 0 Å². The van der Waals surface area contributed by atoms with Crippen molar-refractivity contribution in [2.24, 2.45) is 5.92 Å². The Kier molecular flexibility index (Phi) is 5.15. The summed E-state index contributed by atoms with van der Waals surface area (Å²) >= 11 is 7.23. The average Bonchev–Trinajstić information content (AvgIpc) is 2.83. The smallest absolute Gasteiger partial charge is 0.133 e. The summed E-state index contributed by atoms with van der Waals surface area (Å²) in [6, 6.07) is 3.93. The number of alkyl halides is 1. The molecule has 0 amide bonds. The van der Waals surface area contributed by atoms with Crippen LogP contribution in [0.25, 0.3) is 0 Å². The SMILES string of the molecule is COc1cc(C(Br)C2OCCC2C)c(OC)cc1Br. The molecule has 1 fully saturated rings. The topological polar surface area (TPSA) is 27.7 Å². The summed E-state index contributed by atoms with van der Waals surface area (Å²) in [6.07, 6.45) is 1.27. The minimum Gasteiger partial charge on any atom is -0.496 e. The van der Waals surface area contributed by atoms with E-state index in [-0.39, 0.29) is 10.9 Å². The van der Waals surface area contributed by atoms with Crippen molar-refractivity contribution in [3.8, 4) is 11.5 Å². The second-order valence-corrected chi connectivity index (χ2v) is 6.57. The number of hydrogen-bond donors (Lipinski definition) is 0. The molecule has 0 bridgehead atoms. The third-order valence-corrected chi connectivity index (χ3v) is 5.17. The molecule has 1 saturated heterocycles. The van der Waals surface area contributed by atoms with E-state index in [4.69, 9.17) is 14.2 Å². The van der Waals surface area contributed by atoms with Gasteiger partial charge in [-0.1, -0.05) is 22.9 Å². The highest BCUT2D eigenvalue weighted by molar-refractivity contribution is 9.10. The molecule has 1 aromatic rings. The molecular formula is C14H18Br2O3. The quantitative estimate of drug-likeness (QED) is 0.712. The summed E-state index contributed by atoms with van der Waals surface area (Å²) < 4.78 is 17.5. The summed E-state index contributed by atoms with van der Waals surface area (Å²) in [5, 5.41) is 0. The zero-order valence-corrected chi connectivity index (χ0v) is 14.5. The van der Waals surface area contributed by atoms with Crippen molar-refractivity contribution in [2.45, 2.75) is 24.3 Å². The summed E-state index contributed by atoms with van der Waals surface area (Å²) in [7, 11) is 3.34. The van der Waals surface area contributed by atoms with Gasteiger partial charge in [-0.15, -0.1) is 0 Å². The predicted molar refractivity (Wildman–Crippen MR) is 82.4 cm³/mol. The molecular weight excluding hydrogens is 376 g/mol. The third-order valence-electron chi connectivity index (χ3n) is 3.53. The molecule has 0 aliphatic carbocycles. The highest BCUT2D eigenvalue weighted by Crippen LogP contribution is 2.44. The standard InChI is InChI=1S/C14H18Br2O3/c1-8-4-5-19-14(8)13(16)9-6-12(18-3)10(15)7-11(9)17-2/h6-8,13-14H,4-5H2,1-3H3. The number of hydrogen-bond acceptors (Lipinski definition) is 3. The Morgan fingerprint density at radius 1 is 1.26 bits per heavy atom. The van der Waals surface area contributed by atoms with Crippen LogP contribution >= 0.6 is 31.9 Å². The number of rotatable bonds is 4. The van der Waals surface area contributed by atoms with Gasteiger partial charge in [0, 0.05) is 12.2 Å². The molecule has 106 valence electrons. The van der Waals surface area contributed by atoms with Crippen LogP contribution in [-0.4, -0.2) is 26.9 Å². The number of halogens is 2. The lowest BCUT2D eigenvalue weighted by Gasteiger charge is -2.23. The molecule has 5 heteroatoms. The fraction of sp³-hybridized carbons (Fsp3) is 0.571. The number of ether oxygens (including phenoxy) is 3. The Morgan fingerprint density at radius 3 is 2.47 bits per heavy atom. The first kappa shape index (κ1) is 15.1. The molecule has 0 saturated carbocycles. The first-order valence-corrected chi connectivity index (χ1v) is 7.96. The number of benzene rings is 1. The Hall–Kier alpha value is -0.260. The lowest BCUT2D eigenvalue weighted by Crippen LogP contribution is -2.19. The molecule has 3 atom stereocenters. The van der Waals surface area contributed by atoms with E-state index in [1.807, 2.05) is 12.1 Å². The fourth-order valence-electron chi connectivity index (χ4n) is 2.37. The van der Waals surface area contributed by atoms with Crippen molar-refractivity contribution in [2.75, 3.05) is 20.8 Å². The maximum Gasteiger partial charge on any atom is 0.133 e. The van der Waals surface area contributed by atoms with Gasteiger partial charge in [-0.3, -0.25) is 0 Å². The summed E-state index contributed by atoms with van der Waals surface area (Å²) in [6.45, 7) is 3.04. The molecule has 3 nitrogen and oxygen atoms in total. The van der Waals surface area contributed by atoms with Crippen LogP contribution in [-0.2, 0) is 4.74 Å². The average molecular weight is 394 g/mol. The van der Waals surface area contributed by atoms with Crippen molar-refractivity contribution in [1.29, 1.82) is 0 Å². The van der Waals surface area contributed by atoms with Crippen LogP contribution in [0, 0.1) is 5.92 Å². The first-order chi connectivity index (χ1) is 9.08. The molecule has 19 heavy (non-hydrogen) atoms. The summed E-state index contributed by atoms with van der Waals surface area (Å²) in [5.41, 5.74) is 1.06. The monoisotopic (exact) mass is 392 g/mol. The van der Waals surface area contributed by atoms with Crippen LogP contribution in [0.2, 0.25) is 0 Å². The van der Waals surface area contributed by atoms with E-state index in [2.05, 4.69) is 38.8 Å². The lowest BCUT2D eigenvalue weighted by molar-refractivity contribution is 0.0929. The van der Waals surface area contributed by atoms with E-state index in [1.165, 1.54) is 0 Å². The Bertz CT molecular complexity index is 451. The minimum atomic E-state index is 0.0990. The van der Waals surface area contributed by atoms with Gasteiger partial charge in [0.05, 0.1) is 29.6 Å². The van der Waals surface area contributed by atoms with Crippen molar-refractivity contribution < 1.29 is 14.2 Å². The van der Waals surface area contributed by atoms with Crippen LogP contribution < -0.4 is 9.47 Å². The van der Waals surface area contributed by atoms with Crippen LogP contribution in [0.3, 0.4) is 0 Å². The molecule has 2 rings (SSSR count). The highest BCUT2D eigenvalue weighted by Gasteiger charge is 2.33. The molecule has 1 aromatic carbocycles. The predicted octanol–water partition coefficient (Wildman–Crippen LogP) is 4.33. The van der Waals surface area contributed by atoms with Gasteiger partial charge < -0.3 is 14.2 Å². The molecule has 1 aliphatic rings. The van der Waals surface area contributed by atoms with Crippen molar-refractivity contribution >= 4 is 31.9 Å². The fourth-order valence-corrected chi connectivity index (χ4v) is 3.88. The van der Waals surface area contributed by atoms with Crippen molar-refractivity contribution in [3.63, 3.8) is 0 Å². The van der Waals surface area contributed by atoms with E-state index in [0.29, 0.717) is 5.92 Å². The number of methoxy groups -OCH3 is 2. The molecule has 0 N–H and O–H groups in total.